The van der Waals surface area contributed by atoms with Crippen LogP contribution < -0.4 is 11.5 Å². The third kappa shape index (κ3) is 2.36. The lowest BCUT2D eigenvalue weighted by Crippen LogP contribution is -2.20. The van der Waals surface area contributed by atoms with Gasteiger partial charge in [0.2, 0.25) is 5.95 Å². The Hall–Kier alpha value is -2.32. The molecule has 0 aromatic carbocycles. The van der Waals surface area contributed by atoms with Crippen LogP contribution in [0.3, 0.4) is 0 Å². The van der Waals surface area contributed by atoms with E-state index in [1.807, 2.05) is 0 Å². The van der Waals surface area contributed by atoms with Crippen molar-refractivity contribution in [2.45, 2.75) is 10.9 Å². The number of fused-ring (bicyclic) bond motifs is 1. The minimum absolute atomic E-state index is 0.0143. The van der Waals surface area contributed by atoms with Gasteiger partial charge in [-0.25, -0.2) is 9.78 Å². The molecule has 2 aromatic heterocycles. The highest BCUT2D eigenvalue weighted by Crippen LogP contribution is 2.49. The van der Waals surface area contributed by atoms with Crippen LogP contribution in [-0.2, 0) is 4.79 Å². The van der Waals surface area contributed by atoms with Crippen LogP contribution >= 0.6 is 23.4 Å². The van der Waals surface area contributed by atoms with Crippen LogP contribution in [0, 0.1) is 0 Å². The number of hydrogen-bond acceptors (Lipinski definition) is 7. The first kappa shape index (κ1) is 14.6. The van der Waals surface area contributed by atoms with Gasteiger partial charge in [0.05, 0.1) is 9.94 Å². The summed E-state index contributed by atoms with van der Waals surface area (Å²) < 4.78 is 0.124. The molecule has 0 unspecified atom stereocenters. The number of nitrogens with zero attached hydrogens (tertiary/aromatic N) is 3. The molecule has 1 aliphatic rings. The van der Waals surface area contributed by atoms with Crippen molar-refractivity contribution in [3.8, 4) is 0 Å². The maximum atomic E-state index is 11.7. The van der Waals surface area contributed by atoms with Crippen LogP contribution in [0.15, 0.2) is 39.5 Å². The van der Waals surface area contributed by atoms with Crippen molar-refractivity contribution in [3.05, 3.63) is 45.6 Å². The summed E-state index contributed by atoms with van der Waals surface area (Å²) in [6, 6.07) is 3.40. The lowest BCUT2D eigenvalue weighted by atomic mass is 9.86. The van der Waals surface area contributed by atoms with Gasteiger partial charge in [-0.05, 0) is 17.7 Å². The number of nitrogens with two attached hydrogens (primary N) is 2. The smallest absolute Gasteiger partial charge is 0.334 e. The van der Waals surface area contributed by atoms with Gasteiger partial charge < -0.3 is 16.6 Å². The zero-order valence-electron chi connectivity index (χ0n) is 11.0. The Kier molecular flexibility index (Phi) is 3.63. The van der Waals surface area contributed by atoms with Crippen LogP contribution in [0.4, 0.5) is 11.8 Å². The zero-order valence-corrected chi connectivity index (χ0v) is 12.6. The first-order chi connectivity index (χ1) is 10.5. The van der Waals surface area contributed by atoms with E-state index in [1.165, 1.54) is 0 Å². The summed E-state index contributed by atoms with van der Waals surface area (Å²) in [6.45, 7) is 0. The fourth-order valence-corrected chi connectivity index (χ4v) is 3.69. The first-order valence-electron chi connectivity index (χ1n) is 6.12. The number of aromatic nitrogens is 3. The van der Waals surface area contributed by atoms with E-state index in [9.17, 15) is 9.90 Å². The molecule has 0 fully saturated rings. The van der Waals surface area contributed by atoms with E-state index in [-0.39, 0.29) is 21.7 Å². The molecule has 2 aromatic rings. The third-order valence-corrected chi connectivity index (χ3v) is 4.54. The maximum absolute atomic E-state index is 11.7. The molecule has 0 saturated heterocycles. The average molecular weight is 336 g/mol. The number of thioether (sulfide) groups is 1. The molecule has 0 radical (unpaired) electrons. The maximum Gasteiger partial charge on any atom is 0.334 e. The minimum Gasteiger partial charge on any atom is -0.478 e. The second-order valence-corrected chi connectivity index (χ2v) is 6.10. The lowest BCUT2D eigenvalue weighted by Gasteiger charge is -2.26. The summed E-state index contributed by atoms with van der Waals surface area (Å²) in [7, 11) is 0. The second kappa shape index (κ2) is 5.47. The van der Waals surface area contributed by atoms with E-state index in [4.69, 9.17) is 23.1 Å². The van der Waals surface area contributed by atoms with E-state index >= 15 is 0 Å². The van der Waals surface area contributed by atoms with Crippen LogP contribution in [-0.4, -0.2) is 26.0 Å². The summed E-state index contributed by atoms with van der Waals surface area (Å²) >= 11 is 7.17. The summed E-state index contributed by atoms with van der Waals surface area (Å²) in [5.41, 5.74) is 12.8. The van der Waals surface area contributed by atoms with Crippen LogP contribution in [0.2, 0.25) is 0 Å². The topological polar surface area (TPSA) is 128 Å². The molecular formula is C13H10ClN5O2S. The van der Waals surface area contributed by atoms with Crippen LogP contribution in [0.25, 0.3) is 0 Å². The Morgan fingerprint density at radius 1 is 1.27 bits per heavy atom. The number of anilines is 2. The number of halogens is 1. The quantitative estimate of drug-likeness (QED) is 0.709. The molecule has 112 valence electrons. The molecule has 0 spiro atoms. The van der Waals surface area contributed by atoms with Crippen molar-refractivity contribution in [2.75, 3.05) is 11.5 Å². The fraction of sp³-hybridized carbons (Fsp3) is 0.0769. The van der Waals surface area contributed by atoms with Gasteiger partial charge in [-0.3, -0.25) is 4.98 Å². The number of pyridine rings is 1. The highest BCUT2D eigenvalue weighted by molar-refractivity contribution is 8.04. The van der Waals surface area contributed by atoms with E-state index < -0.39 is 11.9 Å². The summed E-state index contributed by atoms with van der Waals surface area (Å²) in [5, 5.41) is 9.99. The summed E-state index contributed by atoms with van der Waals surface area (Å²) in [4.78, 5) is 23.7. The van der Waals surface area contributed by atoms with Crippen molar-refractivity contribution in [3.63, 3.8) is 0 Å². The van der Waals surface area contributed by atoms with Gasteiger partial charge in [0.25, 0.3) is 0 Å². The summed E-state index contributed by atoms with van der Waals surface area (Å²) in [6.07, 6.45) is 3.14. The van der Waals surface area contributed by atoms with Crippen LogP contribution in [0.5, 0.6) is 0 Å². The average Bonchev–Trinajstić information content (AvgIpc) is 2.45. The third-order valence-electron chi connectivity index (χ3n) is 3.20. The van der Waals surface area contributed by atoms with Crippen molar-refractivity contribution >= 4 is 41.1 Å². The Morgan fingerprint density at radius 2 is 1.95 bits per heavy atom. The molecule has 3 heterocycles. The molecule has 9 heteroatoms. The summed E-state index contributed by atoms with van der Waals surface area (Å²) in [5.74, 6) is -1.65. The molecule has 1 aliphatic heterocycles. The number of hydrogen-bond donors (Lipinski definition) is 3. The fourth-order valence-electron chi connectivity index (χ4n) is 2.33. The highest BCUT2D eigenvalue weighted by atomic mass is 35.5. The number of carboxylic acids is 1. The number of aliphatic carboxylic acids is 1. The molecule has 0 amide bonds. The van der Waals surface area contributed by atoms with Crippen molar-refractivity contribution in [1.82, 2.24) is 15.0 Å². The Balaban J connectivity index is 2.30. The Morgan fingerprint density at radius 3 is 2.59 bits per heavy atom. The Labute approximate surface area is 134 Å². The van der Waals surface area contributed by atoms with Gasteiger partial charge >= 0.3 is 5.97 Å². The van der Waals surface area contributed by atoms with Gasteiger partial charge in [0, 0.05) is 23.9 Å². The Bertz CT molecular complexity index is 797. The largest absolute Gasteiger partial charge is 0.478 e. The van der Waals surface area contributed by atoms with Crippen molar-refractivity contribution < 1.29 is 9.90 Å². The molecule has 5 N–H and O–H groups in total. The number of nitrogen functional groups attached to an aromatic ring is 2. The van der Waals surface area contributed by atoms with E-state index in [0.29, 0.717) is 16.2 Å². The number of carboxylic acid groups (broad SMARTS) is 1. The molecular weight excluding hydrogens is 326 g/mol. The first-order valence-corrected chi connectivity index (χ1v) is 7.32. The molecule has 0 saturated carbocycles. The van der Waals surface area contributed by atoms with Gasteiger partial charge in [-0.15, -0.1) is 0 Å². The molecule has 3 rings (SSSR count). The second-order valence-electron chi connectivity index (χ2n) is 4.49. The highest BCUT2D eigenvalue weighted by Gasteiger charge is 2.36. The lowest BCUT2D eigenvalue weighted by molar-refractivity contribution is -0.132. The van der Waals surface area contributed by atoms with E-state index in [1.54, 1.807) is 24.5 Å². The molecule has 0 aliphatic carbocycles. The van der Waals surface area contributed by atoms with Gasteiger partial charge in [0.15, 0.2) is 0 Å². The van der Waals surface area contributed by atoms with Gasteiger partial charge in [-0.2, -0.15) is 4.98 Å². The molecule has 0 bridgehead atoms. The number of rotatable bonds is 2. The van der Waals surface area contributed by atoms with Gasteiger partial charge in [-0.1, -0.05) is 23.4 Å². The monoisotopic (exact) mass is 335 g/mol. The zero-order chi connectivity index (χ0) is 15.9. The predicted molar refractivity (Wildman–Crippen MR) is 83.3 cm³/mol. The predicted octanol–water partition coefficient (Wildman–Crippen LogP) is 1.81. The van der Waals surface area contributed by atoms with E-state index in [2.05, 4.69) is 15.0 Å². The molecule has 7 nitrogen and oxygen atoms in total. The SMILES string of the molecule is Nc1nc(N)c2c(n1)SC(Cl)=C(C(=O)O)[C@@H]2c1ccncc1. The minimum atomic E-state index is -1.12. The standard InChI is InChI=1S/C13H10ClN5O2S/c14-9-7(12(20)21)6(5-1-3-17-4-2-5)8-10(15)18-13(16)19-11(8)22-9/h1-4,6H,(H,20,21)(H4,15,16,18,19)/t6-/m0/s1. The molecule has 22 heavy (non-hydrogen) atoms. The number of carbonyl (C=O) groups is 1. The normalized spacial score (nSPS) is 17.2. The van der Waals surface area contributed by atoms with Gasteiger partial charge in [0.1, 0.15) is 10.8 Å². The van der Waals surface area contributed by atoms with E-state index in [0.717, 1.165) is 11.8 Å². The molecule has 1 atom stereocenters. The van der Waals surface area contributed by atoms with Crippen molar-refractivity contribution in [1.29, 1.82) is 0 Å². The van der Waals surface area contributed by atoms with Crippen LogP contribution in [0.1, 0.15) is 17.0 Å². The van der Waals surface area contributed by atoms with Crippen molar-refractivity contribution in [2.24, 2.45) is 0 Å².